The van der Waals surface area contributed by atoms with Crippen LogP contribution in [0.2, 0.25) is 0 Å². The number of benzene rings is 2. The Kier molecular flexibility index (Phi) is 11.2. The first-order valence-corrected chi connectivity index (χ1v) is 14.8. The molecule has 0 aliphatic carbocycles. The zero-order valence-electron chi connectivity index (χ0n) is 26.7. The van der Waals surface area contributed by atoms with Crippen LogP contribution in [0.25, 0.3) is 0 Å². The van der Waals surface area contributed by atoms with Crippen LogP contribution in [0.3, 0.4) is 0 Å². The summed E-state index contributed by atoms with van der Waals surface area (Å²) in [5.74, 6) is -2.18. The van der Waals surface area contributed by atoms with Crippen molar-refractivity contribution in [1.29, 1.82) is 0 Å². The van der Waals surface area contributed by atoms with Crippen LogP contribution >= 0.6 is 0 Å². The molecule has 1 saturated heterocycles. The highest BCUT2D eigenvalue weighted by molar-refractivity contribution is 5.95. The van der Waals surface area contributed by atoms with E-state index in [-0.39, 0.29) is 45.0 Å². The molecule has 46 heavy (non-hydrogen) atoms. The molecule has 7 nitrogen and oxygen atoms in total. The largest absolute Gasteiger partial charge is 0.459 e. The Labute approximate surface area is 264 Å². The van der Waals surface area contributed by atoms with Gasteiger partial charge in [-0.05, 0) is 84.6 Å². The second-order valence-electron chi connectivity index (χ2n) is 13.4. The van der Waals surface area contributed by atoms with Gasteiger partial charge in [-0.1, -0.05) is 30.3 Å². The maximum absolute atomic E-state index is 13.7. The van der Waals surface area contributed by atoms with Crippen molar-refractivity contribution in [1.82, 2.24) is 9.80 Å². The molecule has 3 rings (SSSR count). The normalized spacial score (nSPS) is 18.0. The summed E-state index contributed by atoms with van der Waals surface area (Å²) < 4.78 is 92.5. The summed E-state index contributed by atoms with van der Waals surface area (Å²) in [6, 6.07) is 8.55. The number of carbonyl (C=O) groups is 3. The van der Waals surface area contributed by atoms with Crippen molar-refractivity contribution >= 4 is 17.8 Å². The number of rotatable bonds is 8. The summed E-state index contributed by atoms with van der Waals surface area (Å²) in [7, 11) is 0. The van der Waals surface area contributed by atoms with Gasteiger partial charge in [0.05, 0.1) is 24.2 Å². The van der Waals surface area contributed by atoms with Crippen molar-refractivity contribution in [3.05, 3.63) is 70.8 Å². The molecule has 0 saturated carbocycles. The van der Waals surface area contributed by atoms with Crippen LogP contribution in [0.5, 0.6) is 0 Å². The van der Waals surface area contributed by atoms with Crippen LogP contribution in [-0.2, 0) is 37.8 Å². The molecule has 0 aromatic heterocycles. The van der Waals surface area contributed by atoms with Crippen molar-refractivity contribution in [2.75, 3.05) is 19.6 Å². The zero-order chi connectivity index (χ0) is 34.7. The molecular formula is C33H40F6N2O5. The van der Waals surface area contributed by atoms with Crippen LogP contribution < -0.4 is 0 Å². The standard InChI is InChI=1S/C33H40F6N2O5/c1-30(2,3)45-27(42)19-40(20-28(43)46-31(4,5)6)25-12-13-41(26(18-25)14-21-10-8-7-9-11-21)29(44)22-15-23(32(34,35)36)17-24(16-22)33(37,38)39/h7-11,15-17,25-26H,12-14,18-20H2,1-6H3/t25-,26+/m0/s1. The monoisotopic (exact) mass is 658 g/mol. The number of nitrogens with zero attached hydrogens (tertiary/aromatic N) is 2. The number of ether oxygens (including phenoxy) is 2. The van der Waals surface area contributed by atoms with E-state index in [1.54, 1.807) is 76.8 Å². The molecule has 2 aromatic rings. The first kappa shape index (κ1) is 36.9. The molecule has 0 unspecified atom stereocenters. The molecule has 1 aliphatic rings. The van der Waals surface area contributed by atoms with E-state index < -0.39 is 70.2 Å². The molecule has 2 atom stereocenters. The Morgan fingerprint density at radius 1 is 0.783 bits per heavy atom. The highest BCUT2D eigenvalue weighted by Gasteiger charge is 2.40. The highest BCUT2D eigenvalue weighted by atomic mass is 19.4. The Morgan fingerprint density at radius 2 is 1.26 bits per heavy atom. The molecular weight excluding hydrogens is 618 g/mol. The van der Waals surface area contributed by atoms with E-state index in [9.17, 15) is 40.7 Å². The molecule has 1 aliphatic heterocycles. The topological polar surface area (TPSA) is 76.2 Å². The van der Waals surface area contributed by atoms with Gasteiger partial charge < -0.3 is 14.4 Å². The van der Waals surface area contributed by atoms with E-state index >= 15 is 0 Å². The van der Waals surface area contributed by atoms with E-state index in [4.69, 9.17) is 9.47 Å². The maximum atomic E-state index is 13.7. The van der Waals surface area contributed by atoms with Crippen LogP contribution in [0, 0.1) is 0 Å². The highest BCUT2D eigenvalue weighted by Crippen LogP contribution is 2.37. The van der Waals surface area contributed by atoms with Gasteiger partial charge in [-0.15, -0.1) is 0 Å². The summed E-state index contributed by atoms with van der Waals surface area (Å²) in [4.78, 5) is 42.3. The summed E-state index contributed by atoms with van der Waals surface area (Å²) in [6.07, 6.45) is -9.67. The van der Waals surface area contributed by atoms with Crippen molar-refractivity contribution in [2.24, 2.45) is 0 Å². The third-order valence-electron chi connectivity index (χ3n) is 7.12. The predicted molar refractivity (Wildman–Crippen MR) is 158 cm³/mol. The van der Waals surface area contributed by atoms with Gasteiger partial charge in [-0.25, -0.2) is 0 Å². The lowest BCUT2D eigenvalue weighted by Crippen LogP contribution is -2.55. The Morgan fingerprint density at radius 3 is 1.70 bits per heavy atom. The minimum Gasteiger partial charge on any atom is -0.459 e. The molecule has 1 amide bonds. The van der Waals surface area contributed by atoms with Crippen molar-refractivity contribution < 1.29 is 50.2 Å². The van der Waals surface area contributed by atoms with Crippen LogP contribution in [0.4, 0.5) is 26.3 Å². The molecule has 1 fully saturated rings. The Bertz CT molecular complexity index is 1320. The number of halogens is 6. The first-order chi connectivity index (χ1) is 21.0. The second-order valence-corrected chi connectivity index (χ2v) is 13.4. The van der Waals surface area contributed by atoms with E-state index in [1.807, 2.05) is 0 Å². The fourth-order valence-electron chi connectivity index (χ4n) is 5.35. The minimum atomic E-state index is -5.11. The number of likely N-dealkylation sites (tertiary alicyclic amines) is 1. The predicted octanol–water partition coefficient (Wildman–Crippen LogP) is 6.93. The molecule has 1 heterocycles. The molecule has 254 valence electrons. The Balaban J connectivity index is 1.99. The number of amides is 1. The van der Waals surface area contributed by atoms with Gasteiger partial charge in [-0.2, -0.15) is 26.3 Å². The first-order valence-electron chi connectivity index (χ1n) is 14.8. The molecule has 13 heteroatoms. The molecule has 2 aromatic carbocycles. The fourth-order valence-corrected chi connectivity index (χ4v) is 5.35. The zero-order valence-corrected chi connectivity index (χ0v) is 26.7. The van der Waals surface area contributed by atoms with Crippen molar-refractivity contribution in [3.8, 4) is 0 Å². The maximum Gasteiger partial charge on any atom is 0.416 e. The average Bonchev–Trinajstić information content (AvgIpc) is 2.89. The summed E-state index contributed by atoms with van der Waals surface area (Å²) in [5, 5.41) is 0. The lowest BCUT2D eigenvalue weighted by molar-refractivity contribution is -0.161. The van der Waals surface area contributed by atoms with Crippen molar-refractivity contribution in [2.45, 2.75) is 96.4 Å². The number of piperidine rings is 1. The van der Waals surface area contributed by atoms with Crippen LogP contribution in [-0.4, -0.2) is 70.6 Å². The quantitative estimate of drug-likeness (QED) is 0.226. The van der Waals surface area contributed by atoms with E-state index in [0.717, 1.165) is 5.56 Å². The lowest BCUT2D eigenvalue weighted by atomic mass is 9.90. The minimum absolute atomic E-state index is 0.0182. The molecule has 0 radical (unpaired) electrons. The Hall–Kier alpha value is -3.61. The van der Waals surface area contributed by atoms with Gasteiger partial charge in [0.1, 0.15) is 11.2 Å². The van der Waals surface area contributed by atoms with Gasteiger partial charge in [0.25, 0.3) is 5.91 Å². The summed E-state index contributed by atoms with van der Waals surface area (Å²) in [6.45, 7) is 9.55. The van der Waals surface area contributed by atoms with E-state index in [0.29, 0.717) is 12.1 Å². The third kappa shape index (κ3) is 11.0. The lowest BCUT2D eigenvalue weighted by Gasteiger charge is -2.43. The van der Waals surface area contributed by atoms with E-state index in [1.165, 1.54) is 4.90 Å². The molecule has 0 bridgehead atoms. The summed E-state index contributed by atoms with van der Waals surface area (Å²) >= 11 is 0. The smallest absolute Gasteiger partial charge is 0.416 e. The SMILES string of the molecule is CC(C)(C)OC(=O)CN(CC(=O)OC(C)(C)C)[C@H]1CCN(C(=O)c2cc(C(F)(F)F)cc(C(F)(F)F)c2)[C@H](Cc2ccccc2)C1. The third-order valence-corrected chi connectivity index (χ3v) is 7.12. The van der Waals surface area contributed by atoms with Crippen molar-refractivity contribution in [3.63, 3.8) is 0 Å². The second kappa shape index (κ2) is 14.0. The number of esters is 2. The van der Waals surface area contributed by atoms with Gasteiger partial charge in [0, 0.05) is 24.2 Å². The van der Waals surface area contributed by atoms with Gasteiger partial charge in [0.2, 0.25) is 0 Å². The molecule has 0 spiro atoms. The van der Waals surface area contributed by atoms with E-state index in [2.05, 4.69) is 0 Å². The molecule has 0 N–H and O–H groups in total. The van der Waals surface area contributed by atoms with Crippen LogP contribution in [0.15, 0.2) is 48.5 Å². The number of hydrogen-bond donors (Lipinski definition) is 0. The van der Waals surface area contributed by atoms with Gasteiger partial charge in [-0.3, -0.25) is 19.3 Å². The average molecular weight is 659 g/mol. The summed E-state index contributed by atoms with van der Waals surface area (Å²) in [5.41, 5.74) is -4.74. The van der Waals surface area contributed by atoms with Gasteiger partial charge in [0.15, 0.2) is 0 Å². The van der Waals surface area contributed by atoms with Gasteiger partial charge >= 0.3 is 24.3 Å². The van der Waals surface area contributed by atoms with Crippen LogP contribution in [0.1, 0.15) is 81.4 Å². The number of hydrogen-bond acceptors (Lipinski definition) is 6. The fraction of sp³-hybridized carbons (Fsp3) is 0.545. The number of carbonyl (C=O) groups excluding carboxylic acids is 3. The number of alkyl halides is 6.